The van der Waals surface area contributed by atoms with Crippen LogP contribution in [0.2, 0.25) is 5.02 Å². The van der Waals surface area contributed by atoms with E-state index < -0.39 is 48.5 Å². The van der Waals surface area contributed by atoms with Crippen molar-refractivity contribution < 1.29 is 36.6 Å². The molecule has 2 N–H and O–H groups in total. The van der Waals surface area contributed by atoms with Crippen LogP contribution in [0.4, 0.5) is 22.0 Å². The molecule has 1 aromatic heterocycles. The Labute approximate surface area is 227 Å². The number of hydrogen-bond donors (Lipinski definition) is 2. The fourth-order valence-electron chi connectivity index (χ4n) is 5.38. The lowest BCUT2D eigenvalue weighted by Gasteiger charge is -2.33. The first-order valence-corrected chi connectivity index (χ1v) is 13.3. The van der Waals surface area contributed by atoms with Gasteiger partial charge < -0.3 is 10.4 Å². The van der Waals surface area contributed by atoms with Crippen molar-refractivity contribution in [2.75, 3.05) is 19.6 Å². The zero-order chi connectivity index (χ0) is 28.4. The molecule has 214 valence electrons. The third-order valence-electron chi connectivity index (χ3n) is 7.22. The van der Waals surface area contributed by atoms with Gasteiger partial charge >= 0.3 is 12.1 Å². The van der Waals surface area contributed by atoms with Crippen molar-refractivity contribution in [3.05, 3.63) is 40.5 Å². The van der Waals surface area contributed by atoms with Crippen molar-refractivity contribution in [1.29, 1.82) is 0 Å². The Morgan fingerprint density at radius 1 is 1.18 bits per heavy atom. The lowest BCUT2D eigenvalue weighted by atomic mass is 10.0. The number of rotatable bonds is 9. The first-order chi connectivity index (χ1) is 18.3. The number of carbonyl (C=O) groups is 2. The standard InChI is InChI=1S/C26H30ClF5N4O3/c27-16-6-7-19(20(12-16)26(30,31)32)22-14-21(34-36(22)18-4-1-2-5-18)24(39)33-17(13-23(37)38)8-11-35-10-3-9-25(28,29)15-35/h6-7,12,14,17-18H,1-5,8-11,13,15H2,(H,33,39)(H,37,38)/t17-/m0/s1. The summed E-state index contributed by atoms with van der Waals surface area (Å²) in [4.78, 5) is 26.2. The van der Waals surface area contributed by atoms with Crippen LogP contribution in [0.1, 0.15) is 73.5 Å². The van der Waals surface area contributed by atoms with Crippen molar-refractivity contribution in [2.45, 2.75) is 75.5 Å². The topological polar surface area (TPSA) is 87.5 Å². The van der Waals surface area contributed by atoms with Crippen LogP contribution in [0.25, 0.3) is 11.3 Å². The zero-order valence-corrected chi connectivity index (χ0v) is 21.9. The number of piperidine rings is 1. The molecule has 2 aliphatic rings. The summed E-state index contributed by atoms with van der Waals surface area (Å²) in [6.45, 7) is 0.176. The maximum Gasteiger partial charge on any atom is 0.417 e. The molecule has 2 heterocycles. The number of aromatic nitrogens is 2. The summed E-state index contributed by atoms with van der Waals surface area (Å²) in [5.74, 6) is -4.74. The van der Waals surface area contributed by atoms with E-state index in [0.29, 0.717) is 25.8 Å². The Bertz CT molecular complexity index is 1200. The number of nitrogens with zero attached hydrogens (tertiary/aromatic N) is 3. The van der Waals surface area contributed by atoms with Gasteiger partial charge in [0.25, 0.3) is 11.8 Å². The number of hydrogen-bond acceptors (Lipinski definition) is 4. The van der Waals surface area contributed by atoms with Gasteiger partial charge in [0.2, 0.25) is 0 Å². The Morgan fingerprint density at radius 3 is 2.54 bits per heavy atom. The molecule has 1 amide bonds. The van der Waals surface area contributed by atoms with Crippen molar-refractivity contribution in [2.24, 2.45) is 0 Å². The number of alkyl halides is 5. The Kier molecular flexibility index (Phi) is 8.85. The summed E-state index contributed by atoms with van der Waals surface area (Å²) in [6, 6.07) is 3.60. The summed E-state index contributed by atoms with van der Waals surface area (Å²) < 4.78 is 70.6. The molecule has 1 aromatic carbocycles. The number of amides is 1. The molecular weight excluding hydrogens is 547 g/mol. The van der Waals surface area contributed by atoms with E-state index >= 15 is 0 Å². The first-order valence-electron chi connectivity index (χ1n) is 12.9. The molecule has 2 fully saturated rings. The maximum absolute atomic E-state index is 13.9. The van der Waals surface area contributed by atoms with Crippen LogP contribution >= 0.6 is 11.6 Å². The molecule has 1 aliphatic carbocycles. The second kappa shape index (κ2) is 11.8. The molecule has 1 aliphatic heterocycles. The van der Waals surface area contributed by atoms with Gasteiger partial charge in [0.15, 0.2) is 5.69 Å². The van der Waals surface area contributed by atoms with Crippen molar-refractivity contribution in [1.82, 2.24) is 20.0 Å². The number of carboxylic acid groups (broad SMARTS) is 1. The maximum atomic E-state index is 13.9. The molecule has 39 heavy (non-hydrogen) atoms. The number of aliphatic carboxylic acids is 1. The SMILES string of the molecule is O=C(O)C[C@H](CCN1CCCC(F)(F)C1)NC(=O)c1cc(-c2ccc(Cl)cc2C(F)(F)F)n(C2CCCC2)n1. The smallest absolute Gasteiger partial charge is 0.417 e. The van der Waals surface area contributed by atoms with Gasteiger partial charge in [-0.2, -0.15) is 18.3 Å². The highest BCUT2D eigenvalue weighted by Crippen LogP contribution is 2.41. The number of carboxylic acids is 1. The lowest BCUT2D eigenvalue weighted by Crippen LogP contribution is -2.45. The van der Waals surface area contributed by atoms with E-state index in [9.17, 15) is 36.6 Å². The van der Waals surface area contributed by atoms with Crippen molar-refractivity contribution in [3.63, 3.8) is 0 Å². The minimum absolute atomic E-state index is 0.0843. The largest absolute Gasteiger partial charge is 0.481 e. The number of benzene rings is 1. The van der Waals surface area contributed by atoms with Gasteiger partial charge in [-0.1, -0.05) is 30.5 Å². The number of carbonyl (C=O) groups excluding carboxylic acids is 1. The van der Waals surface area contributed by atoms with Crippen LogP contribution in [-0.2, 0) is 11.0 Å². The summed E-state index contributed by atoms with van der Waals surface area (Å²) in [5, 5.41) is 16.2. The van der Waals surface area contributed by atoms with Crippen molar-refractivity contribution >= 4 is 23.5 Å². The highest BCUT2D eigenvalue weighted by Gasteiger charge is 2.37. The summed E-state index contributed by atoms with van der Waals surface area (Å²) >= 11 is 5.85. The van der Waals surface area contributed by atoms with E-state index in [1.54, 1.807) is 0 Å². The summed E-state index contributed by atoms with van der Waals surface area (Å²) in [5.41, 5.74) is -1.16. The molecule has 4 rings (SSSR count). The fraction of sp³-hybridized carbons (Fsp3) is 0.577. The minimum Gasteiger partial charge on any atom is -0.481 e. The third kappa shape index (κ3) is 7.47. The Morgan fingerprint density at radius 2 is 1.90 bits per heavy atom. The molecule has 0 radical (unpaired) electrons. The van der Waals surface area contributed by atoms with Crippen LogP contribution in [0.3, 0.4) is 0 Å². The van der Waals surface area contributed by atoms with Gasteiger partial charge in [-0.15, -0.1) is 0 Å². The normalized spacial score (nSPS) is 19.2. The Balaban J connectivity index is 1.59. The van der Waals surface area contributed by atoms with Crippen LogP contribution in [0.5, 0.6) is 0 Å². The van der Waals surface area contributed by atoms with Gasteiger partial charge in [0, 0.05) is 29.6 Å². The molecule has 2 aromatic rings. The van der Waals surface area contributed by atoms with Crippen LogP contribution in [-0.4, -0.2) is 63.3 Å². The molecule has 1 atom stereocenters. The molecule has 13 heteroatoms. The van der Waals surface area contributed by atoms with Gasteiger partial charge in [0.05, 0.1) is 30.3 Å². The summed E-state index contributed by atoms with van der Waals surface area (Å²) in [7, 11) is 0. The number of likely N-dealkylation sites (tertiary alicyclic amines) is 1. The third-order valence-corrected chi connectivity index (χ3v) is 7.46. The van der Waals surface area contributed by atoms with Gasteiger partial charge in [0.1, 0.15) is 0 Å². The monoisotopic (exact) mass is 576 g/mol. The fourth-order valence-corrected chi connectivity index (χ4v) is 5.55. The zero-order valence-electron chi connectivity index (χ0n) is 21.1. The quantitative estimate of drug-likeness (QED) is 0.356. The number of nitrogens with one attached hydrogen (secondary N) is 1. The first kappa shape index (κ1) is 29.3. The highest BCUT2D eigenvalue weighted by molar-refractivity contribution is 6.30. The average Bonchev–Trinajstić information content (AvgIpc) is 3.51. The van der Waals surface area contributed by atoms with Gasteiger partial charge in [-0.05, 0) is 50.4 Å². The van der Waals surface area contributed by atoms with Crippen LogP contribution < -0.4 is 5.32 Å². The molecule has 0 unspecified atom stereocenters. The average molecular weight is 577 g/mol. The van der Waals surface area contributed by atoms with Crippen LogP contribution in [0, 0.1) is 0 Å². The van der Waals surface area contributed by atoms with Crippen LogP contribution in [0.15, 0.2) is 24.3 Å². The highest BCUT2D eigenvalue weighted by atomic mass is 35.5. The van der Waals surface area contributed by atoms with E-state index in [2.05, 4.69) is 10.4 Å². The van der Waals surface area contributed by atoms with E-state index in [1.165, 1.54) is 27.8 Å². The van der Waals surface area contributed by atoms with E-state index in [1.807, 2.05) is 0 Å². The number of halogens is 6. The Hall–Kier alpha value is -2.73. The van der Waals surface area contributed by atoms with Gasteiger partial charge in [-0.3, -0.25) is 19.2 Å². The predicted molar refractivity (Wildman–Crippen MR) is 134 cm³/mol. The van der Waals surface area contributed by atoms with Gasteiger partial charge in [-0.25, -0.2) is 8.78 Å². The van der Waals surface area contributed by atoms with E-state index in [0.717, 1.165) is 18.9 Å². The molecule has 7 nitrogen and oxygen atoms in total. The lowest BCUT2D eigenvalue weighted by molar-refractivity contribution is -0.138. The van der Waals surface area contributed by atoms with E-state index in [-0.39, 0.29) is 47.4 Å². The summed E-state index contributed by atoms with van der Waals surface area (Å²) in [6.07, 6.45) is -1.81. The van der Waals surface area contributed by atoms with Crippen molar-refractivity contribution in [3.8, 4) is 11.3 Å². The molecule has 1 saturated heterocycles. The van der Waals surface area contributed by atoms with E-state index in [4.69, 9.17) is 11.6 Å². The minimum atomic E-state index is -4.70. The molecule has 1 saturated carbocycles. The molecule has 0 spiro atoms. The molecule has 0 bridgehead atoms. The second-order valence-electron chi connectivity index (χ2n) is 10.3. The second-order valence-corrected chi connectivity index (χ2v) is 10.7. The molecular formula is C26H30ClF5N4O3. The predicted octanol–water partition coefficient (Wildman–Crippen LogP) is 6.03.